The topological polar surface area (TPSA) is 99.8 Å². The number of aromatic nitrogens is 5. The van der Waals surface area contributed by atoms with Crippen molar-refractivity contribution in [1.29, 1.82) is 0 Å². The van der Waals surface area contributed by atoms with Crippen LogP contribution in [-0.2, 0) is 6.54 Å². The predicted octanol–water partition coefficient (Wildman–Crippen LogP) is 2.61. The van der Waals surface area contributed by atoms with Crippen LogP contribution in [0, 0.1) is 13.8 Å². The molecule has 3 heterocycles. The minimum atomic E-state index is -0.265. The van der Waals surface area contributed by atoms with Crippen LogP contribution in [0.5, 0.6) is 0 Å². The highest BCUT2D eigenvalue weighted by molar-refractivity contribution is 5.57. The fourth-order valence-corrected chi connectivity index (χ4v) is 2.62. The molecule has 26 heavy (non-hydrogen) atoms. The van der Waals surface area contributed by atoms with Crippen LogP contribution < -0.4 is 5.56 Å². The van der Waals surface area contributed by atoms with Crippen molar-refractivity contribution in [2.24, 2.45) is 0 Å². The van der Waals surface area contributed by atoms with Crippen molar-refractivity contribution in [3.05, 3.63) is 70.2 Å². The molecule has 0 unspecified atom stereocenters. The summed E-state index contributed by atoms with van der Waals surface area (Å²) in [4.78, 5) is 21.2. The first-order chi connectivity index (χ1) is 12.6. The molecule has 0 radical (unpaired) electrons. The van der Waals surface area contributed by atoms with Crippen molar-refractivity contribution < 1.29 is 9.05 Å². The Kier molecular flexibility index (Phi) is 3.92. The molecule has 0 spiro atoms. The van der Waals surface area contributed by atoms with Gasteiger partial charge in [-0.1, -0.05) is 28.5 Å². The summed E-state index contributed by atoms with van der Waals surface area (Å²) < 4.78 is 11.9. The van der Waals surface area contributed by atoms with E-state index in [0.717, 1.165) is 11.1 Å². The fraction of sp³-hybridized carbons (Fsp3) is 0.167. The third-order valence-electron chi connectivity index (χ3n) is 3.93. The maximum Gasteiger partial charge on any atom is 0.263 e. The molecule has 4 rings (SSSR count). The minimum Gasteiger partial charge on any atom is -0.334 e. The van der Waals surface area contributed by atoms with Crippen molar-refractivity contribution in [3.8, 4) is 22.9 Å². The maximum atomic E-state index is 12.7. The Morgan fingerprint density at radius 3 is 2.42 bits per heavy atom. The van der Waals surface area contributed by atoms with Crippen LogP contribution in [0.2, 0.25) is 0 Å². The van der Waals surface area contributed by atoms with Crippen LogP contribution in [0.15, 0.2) is 56.4 Å². The molecule has 0 atom stereocenters. The Morgan fingerprint density at radius 2 is 1.65 bits per heavy atom. The van der Waals surface area contributed by atoms with Crippen LogP contribution in [0.4, 0.5) is 0 Å². The molecule has 0 fully saturated rings. The molecule has 0 bridgehead atoms. The van der Waals surface area contributed by atoms with Crippen LogP contribution in [0.25, 0.3) is 22.9 Å². The van der Waals surface area contributed by atoms with Gasteiger partial charge in [-0.2, -0.15) is 9.97 Å². The summed E-state index contributed by atoms with van der Waals surface area (Å²) in [6, 6.07) is 11.1. The zero-order valence-electron chi connectivity index (χ0n) is 14.2. The first kappa shape index (κ1) is 15.9. The standard InChI is InChI=1S/C18H15N5O3/c1-11-6-3-4-7-13(11)16-20-15(22-26-16)10-23-9-5-8-14(18(23)24)17-19-12(2)21-25-17/h3-9H,10H2,1-2H3. The Labute approximate surface area is 148 Å². The molecule has 8 nitrogen and oxygen atoms in total. The van der Waals surface area contributed by atoms with Gasteiger partial charge in [-0.25, -0.2) is 0 Å². The molecule has 130 valence electrons. The first-order valence-corrected chi connectivity index (χ1v) is 8.00. The van der Waals surface area contributed by atoms with E-state index in [2.05, 4.69) is 20.3 Å². The van der Waals surface area contributed by atoms with E-state index < -0.39 is 0 Å². The summed E-state index contributed by atoms with van der Waals surface area (Å²) in [5.41, 5.74) is 1.97. The van der Waals surface area contributed by atoms with E-state index in [1.807, 2.05) is 31.2 Å². The number of rotatable bonds is 4. The highest BCUT2D eigenvalue weighted by atomic mass is 16.5. The Bertz CT molecular complexity index is 1130. The molecule has 1 aromatic carbocycles. The lowest BCUT2D eigenvalue weighted by Gasteiger charge is -2.03. The summed E-state index contributed by atoms with van der Waals surface area (Å²) >= 11 is 0. The third kappa shape index (κ3) is 2.92. The summed E-state index contributed by atoms with van der Waals surface area (Å²) in [6.07, 6.45) is 1.65. The quantitative estimate of drug-likeness (QED) is 0.558. The van der Waals surface area contributed by atoms with Gasteiger partial charge in [0.25, 0.3) is 17.3 Å². The molecule has 3 aromatic heterocycles. The largest absolute Gasteiger partial charge is 0.334 e. The highest BCUT2D eigenvalue weighted by Crippen LogP contribution is 2.21. The fourth-order valence-electron chi connectivity index (χ4n) is 2.62. The molecular formula is C18H15N5O3. The monoisotopic (exact) mass is 349 g/mol. The first-order valence-electron chi connectivity index (χ1n) is 8.00. The second-order valence-corrected chi connectivity index (χ2v) is 5.83. The molecule has 0 aliphatic heterocycles. The van der Waals surface area contributed by atoms with E-state index in [-0.39, 0.29) is 18.0 Å². The molecule has 0 amide bonds. The van der Waals surface area contributed by atoms with Gasteiger partial charge in [0.2, 0.25) is 0 Å². The molecule has 0 aliphatic carbocycles. The van der Waals surface area contributed by atoms with Crippen molar-refractivity contribution in [2.45, 2.75) is 20.4 Å². The molecule has 0 saturated heterocycles. The minimum absolute atomic E-state index is 0.176. The molecule has 8 heteroatoms. The van der Waals surface area contributed by atoms with Gasteiger partial charge in [0.05, 0.1) is 6.54 Å². The smallest absolute Gasteiger partial charge is 0.263 e. The molecule has 0 N–H and O–H groups in total. The van der Waals surface area contributed by atoms with Crippen LogP contribution in [0.3, 0.4) is 0 Å². The van der Waals surface area contributed by atoms with Gasteiger partial charge >= 0.3 is 0 Å². The van der Waals surface area contributed by atoms with Gasteiger partial charge in [0.1, 0.15) is 5.56 Å². The third-order valence-corrected chi connectivity index (χ3v) is 3.93. The number of pyridine rings is 1. The molecular weight excluding hydrogens is 334 g/mol. The van der Waals surface area contributed by atoms with Crippen molar-refractivity contribution in [3.63, 3.8) is 0 Å². The van der Waals surface area contributed by atoms with E-state index in [4.69, 9.17) is 9.05 Å². The van der Waals surface area contributed by atoms with E-state index >= 15 is 0 Å². The Balaban J connectivity index is 1.65. The van der Waals surface area contributed by atoms with Crippen molar-refractivity contribution >= 4 is 0 Å². The van der Waals surface area contributed by atoms with E-state index in [1.165, 1.54) is 4.57 Å². The lowest BCUT2D eigenvalue weighted by Crippen LogP contribution is -2.22. The number of hydrogen-bond acceptors (Lipinski definition) is 7. The zero-order valence-corrected chi connectivity index (χ0v) is 14.2. The summed E-state index contributed by atoms with van der Waals surface area (Å²) in [5.74, 6) is 1.49. The maximum absolute atomic E-state index is 12.7. The lowest BCUT2D eigenvalue weighted by molar-refractivity contribution is 0.419. The normalized spacial score (nSPS) is 11.0. The zero-order chi connectivity index (χ0) is 18.1. The van der Waals surface area contributed by atoms with Gasteiger partial charge in [-0.05, 0) is 37.6 Å². The molecule has 4 aromatic rings. The van der Waals surface area contributed by atoms with Gasteiger partial charge in [0.15, 0.2) is 11.6 Å². The average Bonchev–Trinajstić information content (AvgIpc) is 3.26. The predicted molar refractivity (Wildman–Crippen MR) is 92.3 cm³/mol. The number of benzene rings is 1. The van der Waals surface area contributed by atoms with Gasteiger partial charge in [-0.3, -0.25) is 4.79 Å². The van der Waals surface area contributed by atoms with Gasteiger partial charge in [0, 0.05) is 11.8 Å². The average molecular weight is 349 g/mol. The summed E-state index contributed by atoms with van der Waals surface area (Å²) in [5, 5.41) is 7.70. The summed E-state index contributed by atoms with van der Waals surface area (Å²) in [6.45, 7) is 3.84. The number of hydrogen-bond donors (Lipinski definition) is 0. The second-order valence-electron chi connectivity index (χ2n) is 5.83. The SMILES string of the molecule is Cc1noc(-c2cccn(Cc3noc(-c4ccccc4C)n3)c2=O)n1. The molecule has 0 saturated carbocycles. The van der Waals surface area contributed by atoms with E-state index in [0.29, 0.717) is 23.1 Å². The van der Waals surface area contributed by atoms with E-state index in [9.17, 15) is 4.79 Å². The Hall–Kier alpha value is -3.55. The number of aryl methyl sites for hydroxylation is 2. The van der Waals surface area contributed by atoms with Crippen LogP contribution in [0.1, 0.15) is 17.2 Å². The van der Waals surface area contributed by atoms with E-state index in [1.54, 1.807) is 25.3 Å². The van der Waals surface area contributed by atoms with Crippen molar-refractivity contribution in [1.82, 2.24) is 24.8 Å². The second kappa shape index (κ2) is 6.40. The van der Waals surface area contributed by atoms with Crippen molar-refractivity contribution in [2.75, 3.05) is 0 Å². The lowest BCUT2D eigenvalue weighted by atomic mass is 10.1. The van der Waals surface area contributed by atoms with Gasteiger partial charge < -0.3 is 13.6 Å². The summed E-state index contributed by atoms with van der Waals surface area (Å²) in [7, 11) is 0. The molecule has 0 aliphatic rings. The van der Waals surface area contributed by atoms with Crippen LogP contribution in [-0.4, -0.2) is 24.8 Å². The van der Waals surface area contributed by atoms with Gasteiger partial charge in [-0.15, -0.1) is 0 Å². The van der Waals surface area contributed by atoms with Crippen LogP contribution >= 0.6 is 0 Å². The Morgan fingerprint density at radius 1 is 0.923 bits per heavy atom. The number of nitrogens with zero attached hydrogens (tertiary/aromatic N) is 5. The highest BCUT2D eigenvalue weighted by Gasteiger charge is 2.15.